The molecule has 0 aliphatic heterocycles. The highest BCUT2D eigenvalue weighted by atomic mass is 35.5. The Kier molecular flexibility index (Phi) is 4.09. The van der Waals surface area contributed by atoms with Gasteiger partial charge in [0.05, 0.1) is 21.8 Å². The van der Waals surface area contributed by atoms with Crippen LogP contribution in [0.4, 0.5) is 13.2 Å². The summed E-state index contributed by atoms with van der Waals surface area (Å²) in [7, 11) is 0. The van der Waals surface area contributed by atoms with Crippen LogP contribution in [0, 0.1) is 19.6 Å². The lowest BCUT2D eigenvalue weighted by Crippen LogP contribution is -2.38. The lowest BCUT2D eigenvalue weighted by atomic mass is 9.86. The summed E-state index contributed by atoms with van der Waals surface area (Å²) in [4.78, 5) is 12.5. The molecule has 4 nitrogen and oxygen atoms in total. The average molecular weight is 420 g/mol. The summed E-state index contributed by atoms with van der Waals surface area (Å²) < 4.78 is 85.6. The van der Waals surface area contributed by atoms with E-state index in [4.69, 9.17) is 19.8 Å². The minimum Gasteiger partial charge on any atom is -0.349 e. The number of halogens is 4. The third-order valence-electron chi connectivity index (χ3n) is 4.93. The molecule has 0 atom stereocenters. The van der Waals surface area contributed by atoms with Gasteiger partial charge in [0.1, 0.15) is 0 Å². The first-order chi connectivity index (χ1) is 15.6. The maximum atomic E-state index is 13.0. The zero-order valence-corrected chi connectivity index (χ0v) is 15.6. The molecule has 152 valence electrons. The van der Waals surface area contributed by atoms with Gasteiger partial charge in [-0.3, -0.25) is 9.48 Å². The van der Waals surface area contributed by atoms with Crippen molar-refractivity contribution in [3.8, 4) is 0 Å². The quantitative estimate of drug-likeness (QED) is 0.743. The Morgan fingerprint density at radius 2 is 2.04 bits per heavy atom. The third kappa shape index (κ3) is 4.87. The molecule has 1 amide bonds. The highest BCUT2D eigenvalue weighted by Gasteiger charge is 2.32. The summed E-state index contributed by atoms with van der Waals surface area (Å²) in [6.45, 7) is -4.84. The van der Waals surface area contributed by atoms with Gasteiger partial charge in [-0.15, -0.1) is 0 Å². The summed E-state index contributed by atoms with van der Waals surface area (Å²) in [6, 6.07) is 3.37. The fourth-order valence-electron chi connectivity index (χ4n) is 3.43. The molecule has 0 spiro atoms. The van der Waals surface area contributed by atoms with Crippen molar-refractivity contribution in [2.75, 3.05) is 0 Å². The molecule has 0 bridgehead atoms. The molecule has 1 N–H and O–H groups in total. The molecule has 1 fully saturated rings. The zero-order valence-electron chi connectivity index (χ0n) is 20.8. The second kappa shape index (κ2) is 8.15. The van der Waals surface area contributed by atoms with Crippen LogP contribution in [-0.2, 0) is 12.7 Å². The molecule has 1 aliphatic rings. The van der Waals surface area contributed by atoms with Crippen LogP contribution in [0.3, 0.4) is 0 Å². The summed E-state index contributed by atoms with van der Waals surface area (Å²) in [5.41, 5.74) is -1.65. The van der Waals surface area contributed by atoms with E-state index in [-0.39, 0.29) is 40.5 Å². The Morgan fingerprint density at radius 1 is 1.29 bits per heavy atom. The first-order valence-corrected chi connectivity index (χ1v) is 9.20. The van der Waals surface area contributed by atoms with Crippen LogP contribution in [-0.4, -0.2) is 21.7 Å². The number of nitrogens with zero attached hydrogens (tertiary/aromatic N) is 2. The van der Waals surface area contributed by atoms with E-state index >= 15 is 0 Å². The Labute approximate surface area is 175 Å². The van der Waals surface area contributed by atoms with E-state index in [1.54, 1.807) is 0 Å². The zero-order chi connectivity index (χ0) is 25.5. The van der Waals surface area contributed by atoms with E-state index in [0.29, 0.717) is 25.7 Å². The maximum Gasteiger partial charge on any atom is 0.416 e. The fourth-order valence-corrected chi connectivity index (χ4v) is 3.63. The number of carbonyl (C=O) groups is 1. The Morgan fingerprint density at radius 3 is 2.68 bits per heavy atom. The summed E-state index contributed by atoms with van der Waals surface area (Å²) >= 11 is 5.93. The molecule has 3 rings (SSSR count). The monoisotopic (exact) mass is 419 g/mol. The van der Waals surface area contributed by atoms with E-state index in [1.807, 2.05) is 0 Å². The van der Waals surface area contributed by atoms with E-state index < -0.39 is 31.4 Å². The maximum absolute atomic E-state index is 13.0. The highest BCUT2D eigenvalue weighted by molar-refractivity contribution is 6.33. The summed E-state index contributed by atoms with van der Waals surface area (Å²) in [6.07, 6.45) is -2.39. The molecule has 1 heterocycles. The van der Waals surface area contributed by atoms with Crippen LogP contribution in [0.15, 0.2) is 24.3 Å². The van der Waals surface area contributed by atoms with E-state index in [1.165, 1.54) is 4.68 Å². The Bertz CT molecular complexity index is 1040. The van der Waals surface area contributed by atoms with Gasteiger partial charge in [-0.25, -0.2) is 0 Å². The van der Waals surface area contributed by atoms with Crippen LogP contribution in [0.1, 0.15) is 61.2 Å². The molecule has 1 saturated carbocycles. The predicted molar refractivity (Wildman–Crippen MR) is 101 cm³/mol. The van der Waals surface area contributed by atoms with Gasteiger partial charge in [-0.2, -0.15) is 18.3 Å². The predicted octanol–water partition coefficient (Wildman–Crippen LogP) is 5.16. The number of benzene rings is 1. The van der Waals surface area contributed by atoms with Gasteiger partial charge in [-0.1, -0.05) is 11.6 Å². The van der Waals surface area contributed by atoms with Gasteiger partial charge in [0.15, 0.2) is 0 Å². The Balaban J connectivity index is 1.64. The molecule has 0 radical (unpaired) electrons. The van der Waals surface area contributed by atoms with Crippen molar-refractivity contribution in [2.24, 2.45) is 5.92 Å². The molecule has 1 aliphatic carbocycles. The van der Waals surface area contributed by atoms with E-state index in [2.05, 4.69) is 10.4 Å². The van der Waals surface area contributed by atoms with Crippen LogP contribution >= 0.6 is 11.6 Å². The summed E-state index contributed by atoms with van der Waals surface area (Å²) in [5.74, 6) is -0.700. The number of nitrogens with one attached hydrogen (secondary N) is 1. The number of carbonyl (C=O) groups excluding carboxylic acids is 1. The van der Waals surface area contributed by atoms with Crippen LogP contribution in [0.25, 0.3) is 0 Å². The standard InChI is InChI=1S/C20H23ClF3N3O/c1-12-9-13(2)27(26-12)11-14-3-6-16(7-4-14)25-19(28)17-10-15(20(22,23)24)5-8-18(17)21/h5,8-10,14,16H,3-4,6-7,11H2,1-2H3,(H,25,28)/t14-,16-/i1D3,2D3. The van der Waals surface area contributed by atoms with Crippen molar-refractivity contribution in [1.82, 2.24) is 15.1 Å². The second-order valence-electron chi connectivity index (χ2n) is 6.98. The highest BCUT2D eigenvalue weighted by Crippen LogP contribution is 2.32. The summed E-state index contributed by atoms with van der Waals surface area (Å²) in [5, 5.41) is 6.64. The van der Waals surface area contributed by atoms with Gasteiger partial charge in [0.25, 0.3) is 5.91 Å². The molecular weight excluding hydrogens is 391 g/mol. The molecule has 1 aromatic heterocycles. The van der Waals surface area contributed by atoms with Crippen molar-refractivity contribution in [3.63, 3.8) is 0 Å². The molecular formula is C20H23ClF3N3O. The molecule has 1 aromatic carbocycles. The largest absolute Gasteiger partial charge is 0.416 e. The number of amides is 1. The van der Waals surface area contributed by atoms with Crippen LogP contribution in [0.5, 0.6) is 0 Å². The van der Waals surface area contributed by atoms with Crippen molar-refractivity contribution in [3.05, 3.63) is 51.8 Å². The van der Waals surface area contributed by atoms with Crippen LogP contribution < -0.4 is 5.32 Å². The lowest BCUT2D eigenvalue weighted by molar-refractivity contribution is -0.137. The average Bonchev–Trinajstić information content (AvgIpc) is 3.13. The molecule has 28 heavy (non-hydrogen) atoms. The van der Waals surface area contributed by atoms with E-state index in [0.717, 1.165) is 24.3 Å². The van der Waals surface area contributed by atoms with Gasteiger partial charge < -0.3 is 5.32 Å². The van der Waals surface area contributed by atoms with Crippen molar-refractivity contribution in [1.29, 1.82) is 0 Å². The van der Waals surface area contributed by atoms with Crippen molar-refractivity contribution in [2.45, 2.75) is 58.1 Å². The molecule has 0 saturated heterocycles. The van der Waals surface area contributed by atoms with Gasteiger partial charge in [0.2, 0.25) is 0 Å². The van der Waals surface area contributed by atoms with Gasteiger partial charge >= 0.3 is 6.18 Å². The van der Waals surface area contributed by atoms with Gasteiger partial charge in [-0.05, 0) is 69.6 Å². The molecule has 8 heteroatoms. The molecule has 0 unspecified atom stereocenters. The van der Waals surface area contributed by atoms with Crippen LogP contribution in [0.2, 0.25) is 5.02 Å². The first-order valence-electron chi connectivity index (χ1n) is 11.8. The van der Waals surface area contributed by atoms with Crippen molar-refractivity contribution >= 4 is 17.5 Å². The smallest absolute Gasteiger partial charge is 0.349 e. The normalized spacial score (nSPS) is 24.3. The van der Waals surface area contributed by atoms with E-state index in [9.17, 15) is 18.0 Å². The first kappa shape index (κ1) is 14.0. The third-order valence-corrected chi connectivity index (χ3v) is 5.26. The fraction of sp³-hybridized carbons (Fsp3) is 0.500. The SMILES string of the molecule is [2H]C([2H])([2H])c1cc(C([2H])([2H])[2H])n(C[C@H]2CC[C@H](NC(=O)c3cc(C(F)(F)F)ccc3Cl)CC2)n1. The number of alkyl halides is 3. The lowest BCUT2D eigenvalue weighted by Gasteiger charge is -2.29. The number of aryl methyl sites for hydroxylation is 2. The minimum atomic E-state index is -4.60. The number of rotatable bonds is 4. The molecule has 2 aromatic rings. The minimum absolute atomic E-state index is 0.00394. The number of hydrogen-bond donors (Lipinski definition) is 1. The number of hydrogen-bond acceptors (Lipinski definition) is 2. The Hall–Kier alpha value is -2.02. The number of aromatic nitrogens is 2. The van der Waals surface area contributed by atoms with Gasteiger partial charge in [0, 0.05) is 26.5 Å². The second-order valence-corrected chi connectivity index (χ2v) is 7.39. The van der Waals surface area contributed by atoms with Crippen molar-refractivity contribution < 1.29 is 26.2 Å². The topological polar surface area (TPSA) is 46.9 Å².